The predicted octanol–water partition coefficient (Wildman–Crippen LogP) is 3.91. The van der Waals surface area contributed by atoms with E-state index in [9.17, 15) is 13.5 Å². The summed E-state index contributed by atoms with van der Waals surface area (Å²) in [4.78, 5) is 0.184. The van der Waals surface area contributed by atoms with Crippen LogP contribution in [0.1, 0.15) is 5.56 Å². The van der Waals surface area contributed by atoms with Crippen LogP contribution in [-0.4, -0.2) is 37.0 Å². The number of nitrogens with zero attached hydrogens (tertiary/aromatic N) is 1. The van der Waals surface area contributed by atoms with Crippen LogP contribution < -0.4 is 10.6 Å². The number of benzene rings is 3. The van der Waals surface area contributed by atoms with E-state index in [0.717, 1.165) is 16.6 Å². The van der Waals surface area contributed by atoms with E-state index in [0.29, 0.717) is 16.2 Å². The van der Waals surface area contributed by atoms with Gasteiger partial charge in [-0.15, -0.1) is 0 Å². The fourth-order valence-corrected chi connectivity index (χ4v) is 3.93. The number of hydrogen-bond donors (Lipinski definition) is 3. The van der Waals surface area contributed by atoms with E-state index in [1.165, 1.54) is 18.4 Å². The van der Waals surface area contributed by atoms with Crippen molar-refractivity contribution in [2.45, 2.75) is 11.8 Å². The molecule has 3 rings (SSSR count). The van der Waals surface area contributed by atoms with Crippen molar-refractivity contribution in [3.05, 3.63) is 60.2 Å². The summed E-state index contributed by atoms with van der Waals surface area (Å²) in [6.07, 6.45) is 0. The van der Waals surface area contributed by atoms with Gasteiger partial charge in [-0.25, -0.2) is 12.7 Å². The van der Waals surface area contributed by atoms with Gasteiger partial charge in [0.2, 0.25) is 10.0 Å². The van der Waals surface area contributed by atoms with Crippen molar-refractivity contribution in [3.63, 3.8) is 0 Å². The zero-order chi connectivity index (χ0) is 20.5. The summed E-state index contributed by atoms with van der Waals surface area (Å²) in [5.74, 6) is 0.192. The summed E-state index contributed by atoms with van der Waals surface area (Å²) in [5.41, 5.74) is 2.20. The largest absolute Gasteiger partial charge is 0.507 e. The Labute approximate surface area is 169 Å². The highest BCUT2D eigenvalue weighted by atomic mass is 32.2. The predicted molar refractivity (Wildman–Crippen MR) is 118 cm³/mol. The summed E-state index contributed by atoms with van der Waals surface area (Å²) in [7, 11) is -0.562. The highest BCUT2D eigenvalue weighted by Crippen LogP contribution is 2.30. The average molecular weight is 416 g/mol. The molecule has 0 unspecified atom stereocenters. The van der Waals surface area contributed by atoms with E-state index in [1.54, 1.807) is 30.3 Å². The van der Waals surface area contributed by atoms with Crippen LogP contribution in [0.15, 0.2) is 59.5 Å². The second-order valence-corrected chi connectivity index (χ2v) is 9.08. The molecule has 0 saturated heterocycles. The van der Waals surface area contributed by atoms with Crippen LogP contribution in [-0.2, 0) is 10.0 Å². The van der Waals surface area contributed by atoms with Crippen LogP contribution >= 0.6 is 12.2 Å². The number of thiocarbonyl (C=S) groups is 1. The van der Waals surface area contributed by atoms with E-state index < -0.39 is 10.0 Å². The lowest BCUT2D eigenvalue weighted by Crippen LogP contribution is -2.23. The normalized spacial score (nSPS) is 11.6. The Morgan fingerprint density at radius 3 is 2.32 bits per heavy atom. The van der Waals surface area contributed by atoms with Crippen molar-refractivity contribution in [3.8, 4) is 5.75 Å². The van der Waals surface area contributed by atoms with Gasteiger partial charge in [-0.05, 0) is 49.0 Å². The van der Waals surface area contributed by atoms with Gasteiger partial charge >= 0.3 is 0 Å². The number of aromatic hydroxyl groups is 1. The summed E-state index contributed by atoms with van der Waals surface area (Å²) in [5, 5.41) is 18.1. The number of aryl methyl sites for hydroxylation is 1. The van der Waals surface area contributed by atoms with E-state index in [1.807, 2.05) is 31.2 Å². The maximum atomic E-state index is 12.4. The molecule has 8 heteroatoms. The first kappa shape index (κ1) is 20.1. The number of rotatable bonds is 4. The van der Waals surface area contributed by atoms with Crippen LogP contribution in [0.2, 0.25) is 0 Å². The molecule has 0 aliphatic carbocycles. The fourth-order valence-electron chi connectivity index (χ4n) is 2.79. The third kappa shape index (κ3) is 3.94. The highest BCUT2D eigenvalue weighted by Gasteiger charge is 2.18. The summed E-state index contributed by atoms with van der Waals surface area (Å²) in [6, 6.07) is 15.6. The maximum Gasteiger partial charge on any atom is 0.242 e. The lowest BCUT2D eigenvalue weighted by Gasteiger charge is -2.16. The molecule has 3 aromatic carbocycles. The zero-order valence-electron chi connectivity index (χ0n) is 15.7. The Hall–Kier alpha value is -2.68. The Bertz CT molecular complexity index is 1160. The van der Waals surface area contributed by atoms with Gasteiger partial charge < -0.3 is 15.7 Å². The molecule has 0 aliphatic rings. The Balaban J connectivity index is 1.88. The molecule has 0 aromatic heterocycles. The number of sulfonamides is 1. The first-order valence-electron chi connectivity index (χ1n) is 8.52. The quantitative estimate of drug-likeness (QED) is 0.561. The molecule has 0 fully saturated rings. The molecule has 6 nitrogen and oxygen atoms in total. The standard InChI is InChI=1S/C20H21N3O3S2/c1-13-10-11-14(28(25,26)23(2)3)12-18(13)22-20(27)21-17-8-4-7-16-15(17)6-5-9-19(16)24/h4-12,24H,1-3H3,(H2,21,22,27). The monoisotopic (exact) mass is 415 g/mol. The lowest BCUT2D eigenvalue weighted by molar-refractivity contribution is 0.481. The molecule has 0 bridgehead atoms. The number of phenols is 1. The van der Waals surface area contributed by atoms with Crippen LogP contribution in [0.5, 0.6) is 5.75 Å². The minimum atomic E-state index is -3.54. The van der Waals surface area contributed by atoms with Gasteiger partial charge in [0.15, 0.2) is 5.11 Å². The first-order valence-corrected chi connectivity index (χ1v) is 10.4. The van der Waals surface area contributed by atoms with Gasteiger partial charge in [0.1, 0.15) is 5.75 Å². The van der Waals surface area contributed by atoms with Crippen molar-refractivity contribution < 1.29 is 13.5 Å². The molecular weight excluding hydrogens is 394 g/mol. The minimum Gasteiger partial charge on any atom is -0.507 e. The molecule has 3 aromatic rings. The zero-order valence-corrected chi connectivity index (χ0v) is 17.4. The van der Waals surface area contributed by atoms with Crippen LogP contribution in [0.25, 0.3) is 10.8 Å². The molecule has 28 heavy (non-hydrogen) atoms. The van der Waals surface area contributed by atoms with E-state index >= 15 is 0 Å². The summed E-state index contributed by atoms with van der Waals surface area (Å²) < 4.78 is 25.9. The van der Waals surface area contributed by atoms with Gasteiger partial charge in [0.25, 0.3) is 0 Å². The van der Waals surface area contributed by atoms with Crippen molar-refractivity contribution in [1.82, 2.24) is 4.31 Å². The third-order valence-electron chi connectivity index (χ3n) is 4.38. The van der Waals surface area contributed by atoms with E-state index in [4.69, 9.17) is 12.2 Å². The van der Waals surface area contributed by atoms with Gasteiger partial charge in [-0.2, -0.15) is 0 Å². The highest BCUT2D eigenvalue weighted by molar-refractivity contribution is 7.89. The molecule has 0 atom stereocenters. The van der Waals surface area contributed by atoms with Crippen molar-refractivity contribution >= 4 is 49.5 Å². The molecule has 3 N–H and O–H groups in total. The molecule has 0 spiro atoms. The second kappa shape index (κ2) is 7.75. The molecule has 0 aliphatic heterocycles. The number of fused-ring (bicyclic) bond motifs is 1. The molecular formula is C20H21N3O3S2. The van der Waals surface area contributed by atoms with Crippen LogP contribution in [0.3, 0.4) is 0 Å². The van der Waals surface area contributed by atoms with Gasteiger partial charge in [-0.3, -0.25) is 0 Å². The molecule has 0 amide bonds. The smallest absolute Gasteiger partial charge is 0.242 e. The minimum absolute atomic E-state index is 0.184. The first-order chi connectivity index (χ1) is 13.2. The fraction of sp³-hybridized carbons (Fsp3) is 0.150. The average Bonchev–Trinajstić information content (AvgIpc) is 2.64. The second-order valence-electron chi connectivity index (χ2n) is 6.52. The van der Waals surface area contributed by atoms with Crippen molar-refractivity contribution in [2.24, 2.45) is 0 Å². The van der Waals surface area contributed by atoms with Crippen molar-refractivity contribution in [2.75, 3.05) is 24.7 Å². The Morgan fingerprint density at radius 1 is 0.964 bits per heavy atom. The Morgan fingerprint density at radius 2 is 1.61 bits per heavy atom. The number of phenolic OH excluding ortho intramolecular Hbond substituents is 1. The maximum absolute atomic E-state index is 12.4. The SMILES string of the molecule is Cc1ccc(S(=O)(=O)N(C)C)cc1NC(=S)Nc1cccc2c(O)cccc12. The van der Waals surface area contributed by atoms with E-state index in [-0.39, 0.29) is 10.6 Å². The number of anilines is 2. The molecule has 146 valence electrons. The van der Waals surface area contributed by atoms with E-state index in [2.05, 4.69) is 10.6 Å². The van der Waals surface area contributed by atoms with Crippen LogP contribution in [0.4, 0.5) is 11.4 Å². The van der Waals surface area contributed by atoms with Gasteiger partial charge in [0, 0.05) is 36.2 Å². The molecule has 0 radical (unpaired) electrons. The number of hydrogen-bond acceptors (Lipinski definition) is 4. The summed E-state index contributed by atoms with van der Waals surface area (Å²) >= 11 is 5.42. The van der Waals surface area contributed by atoms with Crippen LogP contribution in [0, 0.1) is 6.92 Å². The Kier molecular flexibility index (Phi) is 5.55. The topological polar surface area (TPSA) is 81.7 Å². The number of nitrogens with one attached hydrogen (secondary N) is 2. The molecule has 0 heterocycles. The lowest BCUT2D eigenvalue weighted by atomic mass is 10.1. The van der Waals surface area contributed by atoms with Crippen molar-refractivity contribution in [1.29, 1.82) is 0 Å². The third-order valence-corrected chi connectivity index (χ3v) is 6.40. The summed E-state index contributed by atoms with van der Waals surface area (Å²) in [6.45, 7) is 1.87. The molecule has 0 saturated carbocycles. The van der Waals surface area contributed by atoms with Gasteiger partial charge in [0.05, 0.1) is 4.90 Å². The van der Waals surface area contributed by atoms with Gasteiger partial charge in [-0.1, -0.05) is 30.3 Å².